The third-order valence-corrected chi connectivity index (χ3v) is 4.19. The minimum atomic E-state index is -0.149. The van der Waals surface area contributed by atoms with Gasteiger partial charge in [-0.15, -0.1) is 10.2 Å². The molecule has 0 unspecified atom stereocenters. The van der Waals surface area contributed by atoms with E-state index in [1.54, 1.807) is 33.3 Å². The summed E-state index contributed by atoms with van der Waals surface area (Å²) in [5.41, 5.74) is 3.38. The molecular weight excluding hydrogens is 332 g/mol. The van der Waals surface area contributed by atoms with Crippen LogP contribution in [0.1, 0.15) is 0 Å². The van der Waals surface area contributed by atoms with E-state index in [-0.39, 0.29) is 6.03 Å². The summed E-state index contributed by atoms with van der Waals surface area (Å²) in [5, 5.41) is 16.5. The Balaban J connectivity index is 1.47. The molecule has 4 rings (SSSR count). The molecule has 2 heterocycles. The molecular formula is C17H18N8O. The number of nitrogens with zero attached hydrogens (tertiary/aromatic N) is 8. The number of para-hydroxylation sites is 2. The van der Waals surface area contributed by atoms with Gasteiger partial charge in [-0.25, -0.2) is 14.2 Å². The highest BCUT2D eigenvalue weighted by molar-refractivity contribution is 5.76. The van der Waals surface area contributed by atoms with Gasteiger partial charge in [-0.05, 0) is 24.3 Å². The summed E-state index contributed by atoms with van der Waals surface area (Å²) in [6.45, 7) is 0.615. The standard InChI is InChI=1S/C17H18N8O/c1-22(11-24-15-9-5-3-7-13(15)18-20-24)17(26)23(2)12-25-16-10-6-4-8-14(16)19-21-25/h3-10H,11-12H2,1-2H3. The van der Waals surface area contributed by atoms with E-state index in [2.05, 4.69) is 20.6 Å². The topological polar surface area (TPSA) is 85.0 Å². The van der Waals surface area contributed by atoms with Crippen molar-refractivity contribution in [3.05, 3.63) is 48.5 Å². The molecule has 4 aromatic rings. The zero-order valence-corrected chi connectivity index (χ0v) is 14.5. The van der Waals surface area contributed by atoms with Crippen molar-refractivity contribution >= 4 is 28.1 Å². The molecule has 132 valence electrons. The van der Waals surface area contributed by atoms with Crippen molar-refractivity contribution < 1.29 is 4.79 Å². The van der Waals surface area contributed by atoms with Gasteiger partial charge in [0.05, 0.1) is 11.0 Å². The highest BCUT2D eigenvalue weighted by Gasteiger charge is 2.17. The molecule has 0 saturated heterocycles. The van der Waals surface area contributed by atoms with Crippen LogP contribution in [0.25, 0.3) is 22.1 Å². The summed E-state index contributed by atoms with van der Waals surface area (Å²) in [4.78, 5) is 15.9. The quantitative estimate of drug-likeness (QED) is 0.560. The van der Waals surface area contributed by atoms with E-state index in [1.807, 2.05) is 48.5 Å². The van der Waals surface area contributed by atoms with Crippen molar-refractivity contribution in [2.24, 2.45) is 0 Å². The van der Waals surface area contributed by atoms with Crippen LogP contribution in [0.5, 0.6) is 0 Å². The van der Waals surface area contributed by atoms with E-state index in [0.29, 0.717) is 13.3 Å². The Morgan fingerprint density at radius 2 is 1.23 bits per heavy atom. The number of rotatable bonds is 4. The van der Waals surface area contributed by atoms with E-state index < -0.39 is 0 Å². The van der Waals surface area contributed by atoms with Gasteiger partial charge in [0.1, 0.15) is 24.4 Å². The van der Waals surface area contributed by atoms with Gasteiger partial charge in [0.25, 0.3) is 0 Å². The maximum atomic E-state index is 12.7. The van der Waals surface area contributed by atoms with Gasteiger partial charge in [0, 0.05) is 14.1 Å². The third-order valence-electron chi connectivity index (χ3n) is 4.19. The van der Waals surface area contributed by atoms with Gasteiger partial charge in [0.15, 0.2) is 0 Å². The monoisotopic (exact) mass is 350 g/mol. The van der Waals surface area contributed by atoms with Crippen molar-refractivity contribution in [3.8, 4) is 0 Å². The number of urea groups is 1. The molecule has 2 amide bonds. The Hall–Kier alpha value is -3.49. The molecule has 0 aliphatic carbocycles. The maximum Gasteiger partial charge on any atom is 0.322 e. The predicted molar refractivity (Wildman–Crippen MR) is 96.0 cm³/mol. The lowest BCUT2D eigenvalue weighted by Crippen LogP contribution is -2.40. The summed E-state index contributed by atoms with van der Waals surface area (Å²) < 4.78 is 3.40. The molecule has 2 aromatic heterocycles. The zero-order chi connectivity index (χ0) is 18.1. The van der Waals surface area contributed by atoms with Gasteiger partial charge in [-0.1, -0.05) is 34.7 Å². The summed E-state index contributed by atoms with van der Waals surface area (Å²) >= 11 is 0. The molecule has 0 atom stereocenters. The lowest BCUT2D eigenvalue weighted by Gasteiger charge is -2.24. The van der Waals surface area contributed by atoms with Crippen LogP contribution in [0.2, 0.25) is 0 Å². The fourth-order valence-electron chi connectivity index (χ4n) is 2.86. The molecule has 0 spiro atoms. The molecule has 0 bridgehead atoms. The minimum absolute atomic E-state index is 0.149. The molecule has 0 radical (unpaired) electrons. The van der Waals surface area contributed by atoms with E-state index in [9.17, 15) is 4.79 Å². The average molecular weight is 350 g/mol. The SMILES string of the molecule is CN(Cn1nnc2ccccc21)C(=O)N(C)Cn1nnc2ccccc21. The van der Waals surface area contributed by atoms with Crippen molar-refractivity contribution in [1.29, 1.82) is 0 Å². The van der Waals surface area contributed by atoms with Gasteiger partial charge in [-0.2, -0.15) is 0 Å². The Morgan fingerprint density at radius 1 is 0.808 bits per heavy atom. The second-order valence-electron chi connectivity index (χ2n) is 6.12. The number of carbonyl (C=O) groups is 1. The normalized spacial score (nSPS) is 11.2. The average Bonchev–Trinajstić information content (AvgIpc) is 3.26. The van der Waals surface area contributed by atoms with Crippen LogP contribution in [0.3, 0.4) is 0 Å². The van der Waals surface area contributed by atoms with E-state index >= 15 is 0 Å². The highest BCUT2D eigenvalue weighted by atomic mass is 16.2. The van der Waals surface area contributed by atoms with Crippen LogP contribution in [0.4, 0.5) is 4.79 Å². The van der Waals surface area contributed by atoms with Crippen molar-refractivity contribution in [2.45, 2.75) is 13.3 Å². The Labute approximate surface area is 149 Å². The summed E-state index contributed by atoms with van der Waals surface area (Å²) in [6, 6.07) is 15.2. The molecule has 2 aromatic carbocycles. The first-order chi connectivity index (χ1) is 12.6. The largest absolute Gasteiger partial charge is 0.322 e. The third kappa shape index (κ3) is 2.83. The molecule has 9 heteroatoms. The number of aromatic nitrogens is 6. The second-order valence-corrected chi connectivity index (χ2v) is 6.12. The number of fused-ring (bicyclic) bond motifs is 2. The number of hydrogen-bond acceptors (Lipinski definition) is 5. The van der Waals surface area contributed by atoms with Crippen LogP contribution in [-0.4, -0.2) is 59.9 Å². The minimum Gasteiger partial charge on any atom is -0.308 e. The van der Waals surface area contributed by atoms with Crippen LogP contribution in [-0.2, 0) is 13.3 Å². The Kier molecular flexibility index (Phi) is 3.96. The summed E-state index contributed by atoms with van der Waals surface area (Å²) in [7, 11) is 3.46. The van der Waals surface area contributed by atoms with E-state index in [1.165, 1.54) is 0 Å². The molecule has 0 aliphatic heterocycles. The molecule has 0 N–H and O–H groups in total. The predicted octanol–water partition coefficient (Wildman–Crippen LogP) is 1.77. The first-order valence-electron chi connectivity index (χ1n) is 8.16. The maximum absolute atomic E-state index is 12.7. The van der Waals surface area contributed by atoms with Crippen molar-refractivity contribution in [2.75, 3.05) is 14.1 Å². The molecule has 26 heavy (non-hydrogen) atoms. The molecule has 0 aliphatic rings. The first-order valence-corrected chi connectivity index (χ1v) is 8.16. The van der Waals surface area contributed by atoms with Crippen LogP contribution in [0.15, 0.2) is 48.5 Å². The van der Waals surface area contributed by atoms with Crippen molar-refractivity contribution in [3.63, 3.8) is 0 Å². The van der Waals surface area contributed by atoms with Gasteiger partial charge in [0.2, 0.25) is 0 Å². The van der Waals surface area contributed by atoms with Crippen LogP contribution < -0.4 is 0 Å². The number of amides is 2. The number of hydrogen-bond donors (Lipinski definition) is 0. The van der Waals surface area contributed by atoms with E-state index in [4.69, 9.17) is 0 Å². The zero-order valence-electron chi connectivity index (χ0n) is 14.5. The van der Waals surface area contributed by atoms with Gasteiger partial charge < -0.3 is 9.80 Å². The molecule has 0 saturated carbocycles. The fraction of sp³-hybridized carbons (Fsp3) is 0.235. The van der Waals surface area contributed by atoms with Crippen LogP contribution in [0, 0.1) is 0 Å². The lowest BCUT2D eigenvalue weighted by molar-refractivity contribution is 0.147. The first kappa shape index (κ1) is 16.0. The Morgan fingerprint density at radius 3 is 1.69 bits per heavy atom. The highest BCUT2D eigenvalue weighted by Crippen LogP contribution is 2.12. The lowest BCUT2D eigenvalue weighted by atomic mass is 10.3. The summed E-state index contributed by atoms with van der Waals surface area (Å²) in [5.74, 6) is 0. The Bertz CT molecular complexity index is 985. The fourth-order valence-corrected chi connectivity index (χ4v) is 2.86. The van der Waals surface area contributed by atoms with E-state index in [0.717, 1.165) is 22.1 Å². The second kappa shape index (κ2) is 6.43. The number of carbonyl (C=O) groups excluding carboxylic acids is 1. The summed E-state index contributed by atoms with van der Waals surface area (Å²) in [6.07, 6.45) is 0. The smallest absolute Gasteiger partial charge is 0.308 e. The molecule has 9 nitrogen and oxygen atoms in total. The number of benzene rings is 2. The molecule has 0 fully saturated rings. The van der Waals surface area contributed by atoms with Gasteiger partial charge in [-0.3, -0.25) is 0 Å². The van der Waals surface area contributed by atoms with Gasteiger partial charge >= 0.3 is 6.03 Å². The van der Waals surface area contributed by atoms with Crippen LogP contribution >= 0.6 is 0 Å². The van der Waals surface area contributed by atoms with Crippen molar-refractivity contribution in [1.82, 2.24) is 39.8 Å².